The zero-order valence-corrected chi connectivity index (χ0v) is 17.7. The first-order valence-corrected chi connectivity index (χ1v) is 11.9. The van der Waals surface area contributed by atoms with Crippen molar-refractivity contribution in [1.29, 1.82) is 0 Å². The molecule has 0 spiro atoms. The van der Waals surface area contributed by atoms with Crippen LogP contribution in [0.1, 0.15) is 63.5 Å². The molecule has 0 bridgehead atoms. The number of hydrogen-bond donors (Lipinski definition) is 2. The zero-order valence-electron chi connectivity index (χ0n) is 16.1. The monoisotopic (exact) mass is 388 g/mol. The molecule has 0 fully saturated rings. The van der Waals surface area contributed by atoms with Crippen LogP contribution < -0.4 is 11.5 Å². The molecule has 0 aliphatic carbocycles. The Morgan fingerprint density at radius 1 is 0.654 bits per heavy atom. The molecule has 0 unspecified atom stereocenters. The fourth-order valence-corrected chi connectivity index (χ4v) is 5.17. The van der Waals surface area contributed by atoms with Crippen LogP contribution in [0.25, 0.3) is 0 Å². The molecule has 4 N–H and O–H groups in total. The van der Waals surface area contributed by atoms with E-state index in [1.807, 2.05) is 12.1 Å². The summed E-state index contributed by atoms with van der Waals surface area (Å²) in [6.07, 6.45) is 9.80. The Labute approximate surface area is 166 Å². The van der Waals surface area contributed by atoms with E-state index in [9.17, 15) is 0 Å². The van der Waals surface area contributed by atoms with E-state index < -0.39 is 0 Å². The van der Waals surface area contributed by atoms with Crippen LogP contribution >= 0.6 is 21.6 Å². The van der Waals surface area contributed by atoms with Crippen LogP contribution in [0.15, 0.2) is 46.2 Å². The van der Waals surface area contributed by atoms with Gasteiger partial charge in [-0.25, -0.2) is 0 Å². The molecule has 2 rings (SSSR count). The normalized spacial score (nSPS) is 11.0. The molecule has 2 aromatic carbocycles. The van der Waals surface area contributed by atoms with Crippen molar-refractivity contribution < 1.29 is 0 Å². The summed E-state index contributed by atoms with van der Waals surface area (Å²) < 4.78 is 0. The first kappa shape index (κ1) is 21.0. The Balaban J connectivity index is 2.01. The van der Waals surface area contributed by atoms with E-state index in [4.69, 9.17) is 11.5 Å². The first-order chi connectivity index (χ1) is 12.6. The van der Waals surface area contributed by atoms with Gasteiger partial charge in [0.1, 0.15) is 0 Å². The van der Waals surface area contributed by atoms with Gasteiger partial charge in [0.15, 0.2) is 0 Å². The van der Waals surface area contributed by atoms with Crippen molar-refractivity contribution in [3.8, 4) is 0 Å². The average Bonchev–Trinajstić information content (AvgIpc) is 2.64. The predicted molar refractivity (Wildman–Crippen MR) is 120 cm³/mol. The van der Waals surface area contributed by atoms with E-state index in [0.29, 0.717) is 0 Å². The molecule has 4 heteroatoms. The van der Waals surface area contributed by atoms with E-state index in [1.165, 1.54) is 49.7 Å². The predicted octanol–water partition coefficient (Wildman–Crippen LogP) is 7.12. The van der Waals surface area contributed by atoms with E-state index in [2.05, 4.69) is 38.1 Å². The summed E-state index contributed by atoms with van der Waals surface area (Å²) in [6, 6.07) is 12.9. The Morgan fingerprint density at radius 3 is 1.46 bits per heavy atom. The van der Waals surface area contributed by atoms with Crippen LogP contribution in [0.4, 0.5) is 11.4 Å². The Hall–Kier alpha value is -1.26. The minimum Gasteiger partial charge on any atom is -0.398 e. The van der Waals surface area contributed by atoms with Gasteiger partial charge in [-0.05, 0) is 61.1 Å². The fraction of sp³-hybridized carbons (Fsp3) is 0.455. The molecule has 0 atom stereocenters. The Kier molecular flexibility index (Phi) is 9.27. The molecule has 0 aliphatic rings. The van der Waals surface area contributed by atoms with Crippen molar-refractivity contribution in [1.82, 2.24) is 0 Å². The summed E-state index contributed by atoms with van der Waals surface area (Å²) in [6.45, 7) is 4.48. The molecule has 0 radical (unpaired) electrons. The van der Waals surface area contributed by atoms with Gasteiger partial charge in [-0.3, -0.25) is 0 Å². The maximum atomic E-state index is 6.19. The number of nitrogen functional groups attached to an aromatic ring is 2. The molecule has 26 heavy (non-hydrogen) atoms. The summed E-state index contributed by atoms with van der Waals surface area (Å²) >= 11 is 0. The average molecular weight is 389 g/mol. The lowest BCUT2D eigenvalue weighted by atomic mass is 10.1. The molecule has 0 aromatic heterocycles. The standard InChI is InChI=1S/C22H32N2S2/c1-3-5-7-9-17-11-13-19(23)21(15-17)25-26-22-16-18(10-8-6-4-2)12-14-20(22)24/h11-16H,3-10,23-24H2,1-2H3. The summed E-state index contributed by atoms with van der Waals surface area (Å²) in [7, 11) is 3.43. The molecular weight excluding hydrogens is 356 g/mol. The van der Waals surface area contributed by atoms with Gasteiger partial charge in [0.05, 0.1) is 0 Å². The summed E-state index contributed by atoms with van der Waals surface area (Å²) in [5, 5.41) is 0. The highest BCUT2D eigenvalue weighted by molar-refractivity contribution is 8.76. The topological polar surface area (TPSA) is 52.0 Å². The van der Waals surface area contributed by atoms with Crippen molar-refractivity contribution in [3.63, 3.8) is 0 Å². The van der Waals surface area contributed by atoms with Gasteiger partial charge in [-0.1, -0.05) is 73.3 Å². The second-order valence-corrected chi connectivity index (χ2v) is 9.04. The Morgan fingerprint density at radius 2 is 1.08 bits per heavy atom. The molecule has 2 aromatic rings. The van der Waals surface area contributed by atoms with Crippen molar-refractivity contribution in [3.05, 3.63) is 47.5 Å². The quantitative estimate of drug-likeness (QED) is 0.244. The molecule has 0 saturated carbocycles. The first-order valence-electron chi connectivity index (χ1n) is 9.75. The third kappa shape index (κ3) is 6.81. The van der Waals surface area contributed by atoms with E-state index in [-0.39, 0.29) is 0 Å². The molecule has 0 heterocycles. The third-order valence-corrected chi connectivity index (χ3v) is 6.99. The van der Waals surface area contributed by atoms with Gasteiger partial charge in [0.2, 0.25) is 0 Å². The number of benzene rings is 2. The molecule has 0 saturated heterocycles. The van der Waals surface area contributed by atoms with E-state index in [0.717, 1.165) is 34.0 Å². The van der Waals surface area contributed by atoms with Crippen LogP contribution in [-0.2, 0) is 12.8 Å². The lowest BCUT2D eigenvalue weighted by Gasteiger charge is -2.10. The SMILES string of the molecule is CCCCCc1ccc(N)c(SSc2cc(CCCCC)ccc2N)c1. The lowest BCUT2D eigenvalue weighted by molar-refractivity contribution is 0.717. The summed E-state index contributed by atoms with van der Waals surface area (Å²) in [5.41, 5.74) is 16.8. The van der Waals surface area contributed by atoms with E-state index in [1.54, 1.807) is 21.6 Å². The van der Waals surface area contributed by atoms with Crippen LogP contribution in [0, 0.1) is 0 Å². The van der Waals surface area contributed by atoms with Gasteiger partial charge in [0, 0.05) is 21.2 Å². The van der Waals surface area contributed by atoms with Gasteiger partial charge in [-0.2, -0.15) is 0 Å². The van der Waals surface area contributed by atoms with Crippen LogP contribution in [0.2, 0.25) is 0 Å². The second kappa shape index (κ2) is 11.5. The fourth-order valence-electron chi connectivity index (χ4n) is 2.86. The van der Waals surface area contributed by atoms with Crippen LogP contribution in [-0.4, -0.2) is 0 Å². The molecule has 0 amide bonds. The van der Waals surface area contributed by atoms with Gasteiger partial charge < -0.3 is 11.5 Å². The summed E-state index contributed by atoms with van der Waals surface area (Å²) in [4.78, 5) is 2.28. The van der Waals surface area contributed by atoms with Gasteiger partial charge in [-0.15, -0.1) is 0 Å². The Bertz CT molecular complexity index is 626. The number of hydrogen-bond acceptors (Lipinski definition) is 4. The minimum atomic E-state index is 0.847. The molecular formula is C22H32N2S2. The summed E-state index contributed by atoms with van der Waals surface area (Å²) in [5.74, 6) is 0. The van der Waals surface area contributed by atoms with Crippen molar-refractivity contribution in [2.24, 2.45) is 0 Å². The van der Waals surface area contributed by atoms with Gasteiger partial charge in [0.25, 0.3) is 0 Å². The smallest absolute Gasteiger partial charge is 0.0461 e. The highest BCUT2D eigenvalue weighted by atomic mass is 33.1. The zero-order chi connectivity index (χ0) is 18.8. The number of unbranched alkanes of at least 4 members (excludes halogenated alkanes) is 4. The number of anilines is 2. The third-order valence-electron chi connectivity index (χ3n) is 4.52. The maximum Gasteiger partial charge on any atom is 0.0461 e. The second-order valence-electron chi connectivity index (χ2n) is 6.83. The van der Waals surface area contributed by atoms with Crippen molar-refractivity contribution in [2.75, 3.05) is 11.5 Å². The number of aryl methyl sites for hydroxylation is 2. The van der Waals surface area contributed by atoms with Gasteiger partial charge >= 0.3 is 0 Å². The van der Waals surface area contributed by atoms with E-state index >= 15 is 0 Å². The lowest BCUT2D eigenvalue weighted by Crippen LogP contribution is -1.93. The van der Waals surface area contributed by atoms with Crippen molar-refractivity contribution in [2.45, 2.75) is 75.0 Å². The number of rotatable bonds is 11. The minimum absolute atomic E-state index is 0.847. The highest BCUT2D eigenvalue weighted by Crippen LogP contribution is 2.43. The molecule has 0 aliphatic heterocycles. The van der Waals surface area contributed by atoms with Crippen LogP contribution in [0.3, 0.4) is 0 Å². The highest BCUT2D eigenvalue weighted by Gasteiger charge is 2.07. The largest absolute Gasteiger partial charge is 0.398 e. The maximum absolute atomic E-state index is 6.19. The van der Waals surface area contributed by atoms with Crippen LogP contribution in [0.5, 0.6) is 0 Å². The van der Waals surface area contributed by atoms with Crippen molar-refractivity contribution >= 4 is 33.0 Å². The molecule has 2 nitrogen and oxygen atoms in total. The molecule has 142 valence electrons. The number of nitrogens with two attached hydrogens (primary N) is 2.